The molecule has 4 aromatic rings. The molecule has 0 unspecified atom stereocenters. The molecule has 16 bridgehead atoms. The van der Waals surface area contributed by atoms with E-state index < -0.39 is 0 Å². The van der Waals surface area contributed by atoms with Gasteiger partial charge in [0.05, 0.1) is 38.3 Å². The molecule has 0 fully saturated rings. The third kappa shape index (κ3) is 4.37. The van der Waals surface area contributed by atoms with Gasteiger partial charge in [-0.1, -0.05) is 32.1 Å². The molecular weight excluding hydrogens is 552 g/mol. The standard InChI is InChI=1S/C32H32N12/c1-3-25-15-26(4-1)38-8-12-42(22-38)30-18-32(36-20-34-30)44-14-10-40(24-44)28-6-2-5-27(16-28)39-9-13-43(23-39)31-17-29(33-19-35-31)41-11-7-37(25)21-41/h1-6,15-24H,7-14H2/q+4. The van der Waals surface area contributed by atoms with Crippen LogP contribution in [0.3, 0.4) is 0 Å². The lowest BCUT2D eigenvalue weighted by molar-refractivity contribution is -0.438. The first-order valence-corrected chi connectivity index (χ1v) is 15.1. The summed E-state index contributed by atoms with van der Waals surface area (Å²) in [6, 6.07) is 21.6. The summed E-state index contributed by atoms with van der Waals surface area (Å²) in [4.78, 5) is 27.7. The van der Waals surface area contributed by atoms with E-state index in [0.717, 1.165) is 98.4 Å². The maximum absolute atomic E-state index is 4.63. The molecule has 216 valence electrons. The lowest BCUT2D eigenvalue weighted by Gasteiger charge is -2.13. The fourth-order valence-electron chi connectivity index (χ4n) is 6.48. The molecule has 0 saturated carbocycles. The number of rotatable bonds is 0. The molecular formula is C32H32N12+4. The monoisotopic (exact) mass is 584 g/mol. The molecule has 0 radical (unpaired) electrons. The summed E-state index contributed by atoms with van der Waals surface area (Å²) >= 11 is 0. The second-order valence-electron chi connectivity index (χ2n) is 11.5. The van der Waals surface area contributed by atoms with Crippen molar-refractivity contribution in [1.82, 2.24) is 19.9 Å². The van der Waals surface area contributed by atoms with Crippen molar-refractivity contribution in [2.75, 3.05) is 72.0 Å². The zero-order valence-electron chi connectivity index (χ0n) is 24.3. The van der Waals surface area contributed by atoms with Gasteiger partial charge in [0.1, 0.15) is 48.9 Å². The molecule has 0 aliphatic carbocycles. The summed E-state index contributed by atoms with van der Waals surface area (Å²) in [6.45, 7) is 6.95. The molecule has 44 heavy (non-hydrogen) atoms. The first kappa shape index (κ1) is 25.0. The number of hydrogen-bond acceptors (Lipinski definition) is 8. The van der Waals surface area contributed by atoms with E-state index in [9.17, 15) is 0 Å². The first-order chi connectivity index (χ1) is 21.7. The van der Waals surface area contributed by atoms with Gasteiger partial charge in [0.2, 0.25) is 0 Å². The predicted octanol–water partition coefficient (Wildman–Crippen LogP) is 2.35. The van der Waals surface area contributed by atoms with E-state index in [1.807, 2.05) is 0 Å². The minimum Gasteiger partial charge on any atom is -0.262 e. The molecule has 0 N–H and O–H groups in total. The third-order valence-electron chi connectivity index (χ3n) is 8.88. The van der Waals surface area contributed by atoms with Gasteiger partial charge in [0, 0.05) is 12.1 Å². The van der Waals surface area contributed by atoms with Gasteiger partial charge in [-0.15, -0.1) is 0 Å². The second-order valence-corrected chi connectivity index (χ2v) is 11.5. The van der Waals surface area contributed by atoms with Gasteiger partial charge < -0.3 is 0 Å². The van der Waals surface area contributed by atoms with E-state index in [1.165, 1.54) is 0 Å². The summed E-state index contributed by atoms with van der Waals surface area (Å²) < 4.78 is 8.83. The molecule has 0 atom stereocenters. The van der Waals surface area contributed by atoms with Gasteiger partial charge in [-0.2, -0.15) is 0 Å². The largest absolute Gasteiger partial charge is 0.272 e. The Morgan fingerprint density at radius 3 is 1.00 bits per heavy atom. The maximum atomic E-state index is 4.63. The van der Waals surface area contributed by atoms with Crippen molar-refractivity contribution >= 4 is 71.4 Å². The van der Waals surface area contributed by atoms with E-state index in [0.29, 0.717) is 0 Å². The van der Waals surface area contributed by atoms with Crippen LogP contribution in [0.1, 0.15) is 0 Å². The smallest absolute Gasteiger partial charge is 0.262 e. The van der Waals surface area contributed by atoms with E-state index >= 15 is 0 Å². The van der Waals surface area contributed by atoms with E-state index in [1.54, 1.807) is 12.7 Å². The van der Waals surface area contributed by atoms with Crippen molar-refractivity contribution in [2.45, 2.75) is 0 Å². The van der Waals surface area contributed by atoms with Crippen LogP contribution < -0.4 is 19.6 Å². The van der Waals surface area contributed by atoms with Crippen LogP contribution in [-0.4, -0.2) is 116 Å². The molecule has 12 heteroatoms. The molecule has 7 heterocycles. The van der Waals surface area contributed by atoms with Gasteiger partial charge >= 0.3 is 0 Å². The minimum absolute atomic E-state index is 0.855. The highest BCUT2D eigenvalue weighted by Crippen LogP contribution is 2.28. The normalized spacial score (nSPS) is 18.5. The molecule has 0 spiro atoms. The molecule has 0 saturated heterocycles. The molecule has 2 aromatic carbocycles. The van der Waals surface area contributed by atoms with Crippen molar-refractivity contribution in [3.05, 3.63) is 73.3 Å². The Morgan fingerprint density at radius 1 is 0.409 bits per heavy atom. The molecule has 12 nitrogen and oxygen atoms in total. The van der Waals surface area contributed by atoms with Gasteiger partial charge in [-0.3, -0.25) is 19.6 Å². The first-order valence-electron chi connectivity index (χ1n) is 15.1. The maximum Gasteiger partial charge on any atom is 0.272 e. The third-order valence-corrected chi connectivity index (χ3v) is 8.88. The lowest BCUT2D eigenvalue weighted by atomic mass is 10.2. The molecule has 2 aromatic heterocycles. The zero-order chi connectivity index (χ0) is 29.0. The minimum atomic E-state index is 0.855. The fraction of sp³-hybridized carbons (Fsp3) is 0.250. The van der Waals surface area contributed by atoms with Crippen molar-refractivity contribution < 1.29 is 18.3 Å². The Bertz CT molecular complexity index is 1670. The van der Waals surface area contributed by atoms with Crippen molar-refractivity contribution in [3.63, 3.8) is 0 Å². The summed E-state index contributed by atoms with van der Waals surface area (Å²) in [7, 11) is 0. The lowest BCUT2D eigenvalue weighted by Crippen LogP contribution is -2.21. The van der Waals surface area contributed by atoms with Crippen LogP contribution in [-0.2, 0) is 0 Å². The molecule has 5 aliphatic rings. The Hall–Kier alpha value is -5.52. The van der Waals surface area contributed by atoms with Crippen LogP contribution in [0, 0.1) is 0 Å². The van der Waals surface area contributed by atoms with E-state index in [2.05, 4.69) is 144 Å². The van der Waals surface area contributed by atoms with Gasteiger partial charge in [-0.05, 0) is 24.3 Å². The quantitative estimate of drug-likeness (QED) is 0.292. The summed E-state index contributed by atoms with van der Waals surface area (Å²) in [5, 5.41) is 0. The van der Waals surface area contributed by atoms with E-state index in [4.69, 9.17) is 0 Å². The van der Waals surface area contributed by atoms with Crippen molar-refractivity contribution in [2.24, 2.45) is 0 Å². The number of nitrogens with zero attached hydrogens (tertiary/aromatic N) is 12. The van der Waals surface area contributed by atoms with Gasteiger partial charge in [-0.25, -0.2) is 18.3 Å². The highest BCUT2D eigenvalue weighted by molar-refractivity contribution is 5.85. The Morgan fingerprint density at radius 2 is 0.705 bits per heavy atom. The van der Waals surface area contributed by atoms with Crippen molar-refractivity contribution in [3.8, 4) is 0 Å². The van der Waals surface area contributed by atoms with Gasteiger partial charge in [0.15, 0.2) is 25.4 Å². The molecule has 0 amide bonds. The van der Waals surface area contributed by atoms with Gasteiger partial charge in [0.25, 0.3) is 35.9 Å². The number of fused-ring (bicyclic) bond motifs is 20. The zero-order valence-corrected chi connectivity index (χ0v) is 24.3. The number of aromatic nitrogens is 4. The second kappa shape index (κ2) is 10.0. The van der Waals surface area contributed by atoms with Crippen LogP contribution in [0.15, 0.2) is 73.3 Å². The van der Waals surface area contributed by atoms with Crippen LogP contribution >= 0.6 is 0 Å². The summed E-state index contributed by atoms with van der Waals surface area (Å²) in [6.07, 6.45) is 12.0. The SMILES string of the molecule is C1=[N+]2CCN1c1cccc(c1)N1C=[N+](CC1)c1cc(ncn1)[N+]1=CN(CC1)c1cccc(c1)N1C=[N+](CC1)c1cc2ncn1. The van der Waals surface area contributed by atoms with Crippen molar-refractivity contribution in [1.29, 1.82) is 0 Å². The number of benzene rings is 2. The van der Waals surface area contributed by atoms with Crippen LogP contribution in [0.5, 0.6) is 0 Å². The highest BCUT2D eigenvalue weighted by atomic mass is 15.3. The summed E-state index contributed by atoms with van der Waals surface area (Å²) in [5.74, 6) is 3.61. The Kier molecular flexibility index (Phi) is 5.71. The fourth-order valence-corrected chi connectivity index (χ4v) is 6.48. The molecule has 5 aliphatic heterocycles. The summed E-state index contributed by atoms with van der Waals surface area (Å²) in [5.41, 5.74) is 4.63. The number of anilines is 4. The predicted molar refractivity (Wildman–Crippen MR) is 170 cm³/mol. The van der Waals surface area contributed by atoms with Crippen LogP contribution in [0.2, 0.25) is 0 Å². The average molecular weight is 585 g/mol. The topological polar surface area (TPSA) is 76.6 Å². The van der Waals surface area contributed by atoms with E-state index in [-0.39, 0.29) is 0 Å². The van der Waals surface area contributed by atoms with Crippen LogP contribution in [0.4, 0.5) is 46.0 Å². The molecule has 9 rings (SSSR count). The highest BCUT2D eigenvalue weighted by Gasteiger charge is 2.30. The Labute approximate surface area is 254 Å². The number of hydrogen-bond donors (Lipinski definition) is 0. The average Bonchev–Trinajstić information content (AvgIpc) is 3.92. The van der Waals surface area contributed by atoms with Crippen LogP contribution in [0.25, 0.3) is 0 Å². The Balaban J connectivity index is 1.14.